The van der Waals surface area contributed by atoms with E-state index >= 15 is 0 Å². The molecule has 0 unspecified atom stereocenters. The third kappa shape index (κ3) is 3.59. The maximum Gasteiger partial charge on any atom is 1.00 e. The van der Waals surface area contributed by atoms with Crippen molar-refractivity contribution in [2.24, 2.45) is 0 Å². The summed E-state index contributed by atoms with van der Waals surface area (Å²) < 4.78 is 2.08. The van der Waals surface area contributed by atoms with Crippen molar-refractivity contribution in [3.8, 4) is 0 Å². The second-order valence-corrected chi connectivity index (χ2v) is 4.74. The van der Waals surface area contributed by atoms with E-state index in [1.54, 1.807) is 0 Å². The zero-order chi connectivity index (χ0) is 13.3. The Hall–Kier alpha value is -0.840. The monoisotopic (exact) mass is 268 g/mol. The molecule has 1 aromatic heterocycles. The van der Waals surface area contributed by atoms with Crippen LogP contribution in [0.2, 0.25) is 0 Å². The van der Waals surface area contributed by atoms with E-state index < -0.39 is 5.97 Å². The van der Waals surface area contributed by atoms with Gasteiger partial charge in [0.1, 0.15) is 5.82 Å². The van der Waals surface area contributed by atoms with Crippen LogP contribution in [0.15, 0.2) is 12.1 Å². The van der Waals surface area contributed by atoms with Crippen molar-refractivity contribution in [3.63, 3.8) is 0 Å². The summed E-state index contributed by atoms with van der Waals surface area (Å²) in [6.07, 6.45) is 0.658. The van der Waals surface area contributed by atoms with Crippen LogP contribution in [-0.4, -0.2) is 15.5 Å². The average Bonchev–Trinajstić information content (AvgIpc) is 2.56. The number of carboxylic acid groups (broad SMARTS) is 1. The Balaban J connectivity index is 0.00000180. The average molecular weight is 268 g/mol. The molecule has 0 fully saturated rings. The van der Waals surface area contributed by atoms with Crippen molar-refractivity contribution >= 4 is 17.0 Å². The van der Waals surface area contributed by atoms with Gasteiger partial charge in [-0.05, 0) is 50.8 Å². The molecule has 0 aliphatic carbocycles. The number of hydrogen-bond donors (Lipinski definition) is 0. The Morgan fingerprint density at radius 3 is 2.63 bits per heavy atom. The maximum absolute atomic E-state index is 10.4. The van der Waals surface area contributed by atoms with Gasteiger partial charge in [-0.25, -0.2) is 4.98 Å². The smallest absolute Gasteiger partial charge is 0.550 e. The first kappa shape index (κ1) is 16.2. The molecule has 96 valence electrons. The first-order chi connectivity index (χ1) is 8.49. The van der Waals surface area contributed by atoms with Gasteiger partial charge in [0, 0.05) is 12.5 Å². The number of fused-ring (bicyclic) bond motifs is 1. The standard InChI is InChI=1S/C14H18N2O2.Na/c1-9-7-10(2)14-12(8-9)16(11(3)15-14)6-4-5-13(17)18;/h7-8H,4-6H2,1-3H3,(H,17,18);/q;+1/p-1. The molecule has 0 atom stereocenters. The number of benzene rings is 1. The van der Waals surface area contributed by atoms with Gasteiger partial charge in [-0.3, -0.25) is 0 Å². The summed E-state index contributed by atoms with van der Waals surface area (Å²) in [6, 6.07) is 4.21. The van der Waals surface area contributed by atoms with Crippen molar-refractivity contribution in [1.29, 1.82) is 0 Å². The van der Waals surface area contributed by atoms with Crippen LogP contribution in [-0.2, 0) is 11.3 Å². The van der Waals surface area contributed by atoms with E-state index in [1.165, 1.54) is 5.56 Å². The predicted octanol–water partition coefficient (Wildman–Crippen LogP) is -1.50. The van der Waals surface area contributed by atoms with Gasteiger partial charge in [0.25, 0.3) is 0 Å². The molecule has 0 aliphatic heterocycles. The summed E-state index contributed by atoms with van der Waals surface area (Å²) in [4.78, 5) is 15.0. The van der Waals surface area contributed by atoms with Gasteiger partial charge in [0.15, 0.2) is 0 Å². The number of aryl methyl sites for hydroxylation is 4. The number of imidazole rings is 1. The van der Waals surface area contributed by atoms with E-state index in [0.29, 0.717) is 13.0 Å². The number of aliphatic carboxylic acids is 1. The van der Waals surface area contributed by atoms with Crippen LogP contribution in [0.3, 0.4) is 0 Å². The van der Waals surface area contributed by atoms with Crippen molar-refractivity contribution in [3.05, 3.63) is 29.1 Å². The van der Waals surface area contributed by atoms with Crippen molar-refractivity contribution in [2.45, 2.75) is 40.2 Å². The third-order valence-corrected chi connectivity index (χ3v) is 3.14. The zero-order valence-corrected chi connectivity index (χ0v) is 14.0. The van der Waals surface area contributed by atoms with E-state index in [1.807, 2.05) is 13.8 Å². The normalized spacial score (nSPS) is 10.5. The predicted molar refractivity (Wildman–Crippen MR) is 68.2 cm³/mol. The van der Waals surface area contributed by atoms with Crippen LogP contribution >= 0.6 is 0 Å². The topological polar surface area (TPSA) is 58.0 Å². The van der Waals surface area contributed by atoms with Gasteiger partial charge in [-0.1, -0.05) is 6.07 Å². The third-order valence-electron chi connectivity index (χ3n) is 3.14. The van der Waals surface area contributed by atoms with Gasteiger partial charge < -0.3 is 14.5 Å². The molecule has 1 aromatic carbocycles. The maximum atomic E-state index is 10.4. The first-order valence-electron chi connectivity index (χ1n) is 6.13. The quantitative estimate of drug-likeness (QED) is 0.634. The van der Waals surface area contributed by atoms with Gasteiger partial charge in [0.05, 0.1) is 11.0 Å². The largest absolute Gasteiger partial charge is 1.00 e. The first-order valence-corrected chi connectivity index (χ1v) is 6.13. The summed E-state index contributed by atoms with van der Waals surface area (Å²) >= 11 is 0. The fourth-order valence-electron chi connectivity index (χ4n) is 2.35. The Morgan fingerprint density at radius 2 is 2.00 bits per heavy atom. The van der Waals surface area contributed by atoms with Gasteiger partial charge >= 0.3 is 29.6 Å². The summed E-state index contributed by atoms with van der Waals surface area (Å²) in [5.41, 5.74) is 4.45. The van der Waals surface area contributed by atoms with E-state index in [-0.39, 0.29) is 36.0 Å². The van der Waals surface area contributed by atoms with E-state index in [4.69, 9.17) is 0 Å². The molecule has 0 N–H and O–H groups in total. The van der Waals surface area contributed by atoms with Crippen LogP contribution in [0.4, 0.5) is 0 Å². The summed E-state index contributed by atoms with van der Waals surface area (Å²) in [6.45, 7) is 6.72. The van der Waals surface area contributed by atoms with E-state index in [9.17, 15) is 9.90 Å². The molecule has 0 bridgehead atoms. The molecule has 0 amide bonds. The fraction of sp³-hybridized carbons (Fsp3) is 0.429. The summed E-state index contributed by atoms with van der Waals surface area (Å²) in [5, 5.41) is 10.4. The summed E-state index contributed by atoms with van der Waals surface area (Å²) in [7, 11) is 0. The van der Waals surface area contributed by atoms with Crippen LogP contribution in [0.5, 0.6) is 0 Å². The van der Waals surface area contributed by atoms with Crippen molar-refractivity contribution in [2.75, 3.05) is 0 Å². The molecule has 5 heteroatoms. The van der Waals surface area contributed by atoms with Crippen LogP contribution in [0.25, 0.3) is 11.0 Å². The van der Waals surface area contributed by atoms with Crippen molar-refractivity contribution in [1.82, 2.24) is 9.55 Å². The summed E-state index contributed by atoms with van der Waals surface area (Å²) in [5.74, 6) is -0.0681. The Labute approximate surface area is 135 Å². The SMILES string of the molecule is Cc1cc(C)c2nc(C)n(CCCC(=O)[O-])c2c1.[Na+]. The van der Waals surface area contributed by atoms with E-state index in [2.05, 4.69) is 28.6 Å². The van der Waals surface area contributed by atoms with Crippen LogP contribution in [0.1, 0.15) is 29.8 Å². The molecule has 2 rings (SSSR count). The minimum atomic E-state index is -0.996. The molecule has 19 heavy (non-hydrogen) atoms. The van der Waals surface area contributed by atoms with Crippen LogP contribution < -0.4 is 34.7 Å². The molecular formula is C14H17N2NaO2. The van der Waals surface area contributed by atoms with E-state index in [0.717, 1.165) is 22.4 Å². The van der Waals surface area contributed by atoms with Gasteiger partial charge in [0.2, 0.25) is 0 Å². The van der Waals surface area contributed by atoms with Gasteiger partial charge in [-0.15, -0.1) is 0 Å². The number of carboxylic acids is 1. The van der Waals surface area contributed by atoms with Gasteiger partial charge in [-0.2, -0.15) is 0 Å². The number of carbonyl (C=O) groups excluding carboxylic acids is 1. The number of hydrogen-bond acceptors (Lipinski definition) is 3. The number of nitrogens with zero attached hydrogens (tertiary/aromatic N) is 2. The fourth-order valence-corrected chi connectivity index (χ4v) is 2.35. The molecule has 0 aliphatic rings. The Morgan fingerprint density at radius 1 is 1.32 bits per heavy atom. The second-order valence-electron chi connectivity index (χ2n) is 4.74. The number of rotatable bonds is 4. The molecule has 0 spiro atoms. The minimum Gasteiger partial charge on any atom is -0.550 e. The number of aromatic nitrogens is 2. The molecule has 0 radical (unpaired) electrons. The van der Waals surface area contributed by atoms with Crippen molar-refractivity contribution < 1.29 is 39.5 Å². The molecule has 1 heterocycles. The van der Waals surface area contributed by atoms with Crippen LogP contribution in [0, 0.1) is 20.8 Å². The Bertz CT molecular complexity index is 605. The molecule has 4 nitrogen and oxygen atoms in total. The second kappa shape index (κ2) is 6.55. The zero-order valence-electron chi connectivity index (χ0n) is 12.0. The molecule has 0 saturated heterocycles. The molecule has 2 aromatic rings. The Kier molecular flexibility index (Phi) is 5.59. The minimum absolute atomic E-state index is 0. The molecule has 0 saturated carbocycles. The number of carbonyl (C=O) groups is 1. The molecular weight excluding hydrogens is 251 g/mol.